The summed E-state index contributed by atoms with van der Waals surface area (Å²) in [6.07, 6.45) is 0.369. The third kappa shape index (κ3) is 2.84. The van der Waals surface area contributed by atoms with Gasteiger partial charge < -0.3 is 15.7 Å². The number of hydrogen-bond acceptors (Lipinski definition) is 3. The standard InChI is InChI=1S/C13H18N2O2/c1-9(16)7-15-13(17)12-4-2-3-10-8-14-6-5-11(10)12/h2-4,9,14,16H,5-8H2,1H3,(H,15,17)/t9-/m0/s1. The number of fused-ring (bicyclic) bond motifs is 1. The van der Waals surface area contributed by atoms with Crippen molar-refractivity contribution in [2.45, 2.75) is 26.0 Å². The van der Waals surface area contributed by atoms with Crippen LogP contribution in [0, 0.1) is 0 Å². The molecule has 17 heavy (non-hydrogen) atoms. The minimum Gasteiger partial charge on any atom is -0.392 e. The van der Waals surface area contributed by atoms with E-state index < -0.39 is 6.10 Å². The monoisotopic (exact) mass is 234 g/mol. The highest BCUT2D eigenvalue weighted by Crippen LogP contribution is 2.18. The van der Waals surface area contributed by atoms with Crippen LogP contribution in [0.1, 0.15) is 28.4 Å². The predicted molar refractivity (Wildman–Crippen MR) is 65.9 cm³/mol. The summed E-state index contributed by atoms with van der Waals surface area (Å²) in [4.78, 5) is 12.0. The Labute approximate surface area is 101 Å². The second kappa shape index (κ2) is 5.29. The Bertz CT molecular complexity index is 416. The highest BCUT2D eigenvalue weighted by atomic mass is 16.3. The van der Waals surface area contributed by atoms with Crippen LogP contribution in [-0.2, 0) is 13.0 Å². The van der Waals surface area contributed by atoms with Gasteiger partial charge in [0.2, 0.25) is 0 Å². The summed E-state index contributed by atoms with van der Waals surface area (Å²) >= 11 is 0. The summed E-state index contributed by atoms with van der Waals surface area (Å²) < 4.78 is 0. The third-order valence-corrected chi connectivity index (χ3v) is 2.94. The molecule has 4 heteroatoms. The first kappa shape index (κ1) is 12.1. The van der Waals surface area contributed by atoms with Crippen LogP contribution in [0.5, 0.6) is 0 Å². The normalized spacial score (nSPS) is 16.1. The maximum absolute atomic E-state index is 12.0. The number of rotatable bonds is 3. The quantitative estimate of drug-likeness (QED) is 0.711. The summed E-state index contributed by atoms with van der Waals surface area (Å²) in [5.74, 6) is -0.0929. The highest BCUT2D eigenvalue weighted by Gasteiger charge is 2.16. The molecule has 0 saturated heterocycles. The Kier molecular flexibility index (Phi) is 3.76. The minimum absolute atomic E-state index is 0.0929. The lowest BCUT2D eigenvalue weighted by atomic mass is 9.95. The fourth-order valence-corrected chi connectivity index (χ4v) is 2.08. The van der Waals surface area contributed by atoms with Crippen LogP contribution in [0.15, 0.2) is 18.2 Å². The number of carbonyl (C=O) groups excluding carboxylic acids is 1. The molecule has 1 aromatic rings. The second-order valence-corrected chi connectivity index (χ2v) is 4.43. The fourth-order valence-electron chi connectivity index (χ4n) is 2.08. The largest absolute Gasteiger partial charge is 0.392 e. The summed E-state index contributed by atoms with van der Waals surface area (Å²) in [6, 6.07) is 5.80. The van der Waals surface area contributed by atoms with Crippen LogP contribution in [0.2, 0.25) is 0 Å². The molecule has 0 fully saturated rings. The minimum atomic E-state index is -0.514. The zero-order chi connectivity index (χ0) is 12.3. The number of amides is 1. The molecule has 0 bridgehead atoms. The molecule has 0 aliphatic carbocycles. The van der Waals surface area contributed by atoms with Crippen molar-refractivity contribution in [2.75, 3.05) is 13.1 Å². The number of aliphatic hydroxyl groups is 1. The van der Waals surface area contributed by atoms with Gasteiger partial charge in [0.15, 0.2) is 0 Å². The van der Waals surface area contributed by atoms with Gasteiger partial charge in [-0.15, -0.1) is 0 Å². The highest BCUT2D eigenvalue weighted by molar-refractivity contribution is 5.96. The van der Waals surface area contributed by atoms with Gasteiger partial charge >= 0.3 is 0 Å². The van der Waals surface area contributed by atoms with Crippen LogP contribution >= 0.6 is 0 Å². The maximum atomic E-state index is 12.0. The van der Waals surface area contributed by atoms with Crippen LogP contribution in [0.4, 0.5) is 0 Å². The first-order valence-electron chi connectivity index (χ1n) is 5.96. The van der Waals surface area contributed by atoms with Crippen LogP contribution in [-0.4, -0.2) is 30.2 Å². The fraction of sp³-hybridized carbons (Fsp3) is 0.462. The Morgan fingerprint density at radius 3 is 3.18 bits per heavy atom. The number of benzene rings is 1. The molecule has 0 spiro atoms. The first-order valence-corrected chi connectivity index (χ1v) is 5.96. The smallest absolute Gasteiger partial charge is 0.251 e. The van der Waals surface area contributed by atoms with Crippen molar-refractivity contribution in [2.24, 2.45) is 0 Å². The van der Waals surface area contributed by atoms with E-state index >= 15 is 0 Å². The molecule has 0 saturated carbocycles. The van der Waals surface area contributed by atoms with Gasteiger partial charge in [-0.05, 0) is 37.1 Å². The number of nitrogens with one attached hydrogen (secondary N) is 2. The Balaban J connectivity index is 2.17. The van der Waals surface area contributed by atoms with Gasteiger partial charge in [-0.1, -0.05) is 12.1 Å². The second-order valence-electron chi connectivity index (χ2n) is 4.43. The van der Waals surface area contributed by atoms with Crippen molar-refractivity contribution in [1.82, 2.24) is 10.6 Å². The van der Waals surface area contributed by atoms with Crippen molar-refractivity contribution in [3.05, 3.63) is 34.9 Å². The molecule has 0 unspecified atom stereocenters. The van der Waals surface area contributed by atoms with Gasteiger partial charge in [0, 0.05) is 18.7 Å². The van der Waals surface area contributed by atoms with Crippen LogP contribution in [0.25, 0.3) is 0 Å². The molecule has 1 heterocycles. The van der Waals surface area contributed by atoms with Gasteiger partial charge in [0.05, 0.1) is 6.10 Å². The van der Waals surface area contributed by atoms with E-state index in [1.165, 1.54) is 5.56 Å². The van der Waals surface area contributed by atoms with E-state index in [-0.39, 0.29) is 5.91 Å². The van der Waals surface area contributed by atoms with E-state index in [1.807, 2.05) is 18.2 Å². The molecule has 1 atom stereocenters. The predicted octanol–water partition coefficient (Wildman–Crippen LogP) is 0.443. The van der Waals surface area contributed by atoms with Crippen LogP contribution < -0.4 is 10.6 Å². The van der Waals surface area contributed by atoms with E-state index in [2.05, 4.69) is 10.6 Å². The first-order chi connectivity index (χ1) is 8.18. The van der Waals surface area contributed by atoms with Crippen LogP contribution in [0.3, 0.4) is 0 Å². The Hall–Kier alpha value is -1.39. The summed E-state index contributed by atoms with van der Waals surface area (Å²) in [5, 5.41) is 15.2. The zero-order valence-electron chi connectivity index (χ0n) is 9.99. The van der Waals surface area contributed by atoms with Crippen molar-refractivity contribution in [3.63, 3.8) is 0 Å². The lowest BCUT2D eigenvalue weighted by Gasteiger charge is -2.20. The molecular weight excluding hydrogens is 216 g/mol. The van der Waals surface area contributed by atoms with Gasteiger partial charge in [-0.25, -0.2) is 0 Å². The van der Waals surface area contributed by atoms with E-state index in [4.69, 9.17) is 5.11 Å². The van der Waals surface area contributed by atoms with Crippen molar-refractivity contribution in [1.29, 1.82) is 0 Å². The van der Waals surface area contributed by atoms with Gasteiger partial charge in [-0.2, -0.15) is 0 Å². The third-order valence-electron chi connectivity index (χ3n) is 2.94. The SMILES string of the molecule is C[C@H](O)CNC(=O)c1cccc2c1CCNC2. The van der Waals surface area contributed by atoms with Crippen molar-refractivity contribution in [3.8, 4) is 0 Å². The van der Waals surface area contributed by atoms with E-state index in [9.17, 15) is 4.79 Å². The molecule has 2 rings (SSSR count). The zero-order valence-corrected chi connectivity index (χ0v) is 9.99. The lowest BCUT2D eigenvalue weighted by Crippen LogP contribution is -2.33. The Morgan fingerprint density at radius 1 is 1.59 bits per heavy atom. The Morgan fingerprint density at radius 2 is 2.41 bits per heavy atom. The molecule has 1 aliphatic heterocycles. The molecule has 1 aliphatic rings. The number of aliphatic hydroxyl groups excluding tert-OH is 1. The van der Waals surface area contributed by atoms with Gasteiger partial charge in [0.1, 0.15) is 0 Å². The number of carbonyl (C=O) groups is 1. The summed E-state index contributed by atoms with van der Waals surface area (Å²) in [5.41, 5.74) is 3.07. The molecule has 0 radical (unpaired) electrons. The molecule has 92 valence electrons. The average Bonchev–Trinajstić information content (AvgIpc) is 2.35. The molecular formula is C13H18N2O2. The number of hydrogen-bond donors (Lipinski definition) is 3. The molecule has 0 aromatic heterocycles. The van der Waals surface area contributed by atoms with Gasteiger partial charge in [-0.3, -0.25) is 4.79 Å². The van der Waals surface area contributed by atoms with Crippen molar-refractivity contribution >= 4 is 5.91 Å². The summed E-state index contributed by atoms with van der Waals surface area (Å²) in [6.45, 7) is 3.69. The van der Waals surface area contributed by atoms with Gasteiger partial charge in [0.25, 0.3) is 5.91 Å². The topological polar surface area (TPSA) is 61.4 Å². The van der Waals surface area contributed by atoms with E-state index in [1.54, 1.807) is 6.92 Å². The van der Waals surface area contributed by atoms with Crippen molar-refractivity contribution < 1.29 is 9.90 Å². The molecule has 4 nitrogen and oxygen atoms in total. The lowest BCUT2D eigenvalue weighted by molar-refractivity contribution is 0.0923. The average molecular weight is 234 g/mol. The molecule has 1 amide bonds. The summed E-state index contributed by atoms with van der Waals surface area (Å²) in [7, 11) is 0. The molecule has 3 N–H and O–H groups in total. The van der Waals surface area contributed by atoms with E-state index in [0.717, 1.165) is 30.6 Å². The van der Waals surface area contributed by atoms with E-state index in [0.29, 0.717) is 6.54 Å². The maximum Gasteiger partial charge on any atom is 0.251 e. The molecule has 1 aromatic carbocycles.